The molecule has 0 unspecified atom stereocenters. The van der Waals surface area contributed by atoms with Gasteiger partial charge in [-0.15, -0.1) is 0 Å². The lowest BCUT2D eigenvalue weighted by Crippen LogP contribution is -2.14. The third-order valence-electron chi connectivity index (χ3n) is 2.74. The zero-order chi connectivity index (χ0) is 15.4. The molecule has 0 fully saturated rings. The second-order valence-corrected chi connectivity index (χ2v) is 4.15. The fourth-order valence-electron chi connectivity index (χ4n) is 1.68. The van der Waals surface area contributed by atoms with Gasteiger partial charge in [0.1, 0.15) is 11.6 Å². The van der Waals surface area contributed by atoms with Crippen LogP contribution in [-0.4, -0.2) is 19.0 Å². The number of methoxy groups -OCH3 is 1. The van der Waals surface area contributed by atoms with E-state index in [2.05, 4.69) is 10.1 Å². The molecule has 0 aliphatic heterocycles. The largest absolute Gasteiger partial charge is 0.465 e. The maximum atomic E-state index is 13.4. The summed E-state index contributed by atoms with van der Waals surface area (Å²) in [6.45, 7) is 0. The fraction of sp³-hybridized carbons (Fsp3) is 0.0667. The molecule has 6 heteroatoms. The average Bonchev–Trinajstić information content (AvgIpc) is 2.49. The minimum absolute atomic E-state index is 0.312. The van der Waals surface area contributed by atoms with Gasteiger partial charge in [0.15, 0.2) is 0 Å². The Balaban J connectivity index is 2.16. The Hall–Kier alpha value is -2.76. The van der Waals surface area contributed by atoms with Crippen LogP contribution in [0.5, 0.6) is 0 Å². The van der Waals surface area contributed by atoms with E-state index in [0.29, 0.717) is 11.3 Å². The van der Waals surface area contributed by atoms with E-state index in [9.17, 15) is 18.4 Å². The van der Waals surface area contributed by atoms with E-state index in [1.165, 1.54) is 31.4 Å². The highest BCUT2D eigenvalue weighted by atomic mass is 19.1. The van der Waals surface area contributed by atoms with Crippen molar-refractivity contribution < 1.29 is 23.1 Å². The van der Waals surface area contributed by atoms with Crippen molar-refractivity contribution in [2.24, 2.45) is 0 Å². The summed E-state index contributed by atoms with van der Waals surface area (Å²) in [5.41, 5.74) is 0.260. The lowest BCUT2D eigenvalue weighted by Gasteiger charge is -2.07. The molecule has 0 heterocycles. The standard InChI is InChI=1S/C15H11F2NO3/c1-21-15(20)9-2-5-11(6-3-9)18-14(19)12-8-10(16)4-7-13(12)17/h2-8H,1H3,(H,18,19). The monoisotopic (exact) mass is 291 g/mol. The molecule has 0 saturated carbocycles. The number of carbonyl (C=O) groups excluding carboxylic acids is 2. The number of rotatable bonds is 3. The minimum Gasteiger partial charge on any atom is -0.465 e. The molecule has 0 saturated heterocycles. The Morgan fingerprint density at radius 1 is 1.05 bits per heavy atom. The Morgan fingerprint density at radius 3 is 2.33 bits per heavy atom. The highest BCUT2D eigenvalue weighted by Gasteiger charge is 2.13. The van der Waals surface area contributed by atoms with E-state index in [4.69, 9.17) is 0 Å². The topological polar surface area (TPSA) is 55.4 Å². The van der Waals surface area contributed by atoms with E-state index >= 15 is 0 Å². The number of hydrogen-bond donors (Lipinski definition) is 1. The summed E-state index contributed by atoms with van der Waals surface area (Å²) in [5.74, 6) is -2.82. The van der Waals surface area contributed by atoms with E-state index in [1.807, 2.05) is 0 Å². The normalized spacial score (nSPS) is 10.0. The SMILES string of the molecule is COC(=O)c1ccc(NC(=O)c2cc(F)ccc2F)cc1. The number of ether oxygens (including phenoxy) is 1. The van der Waals surface area contributed by atoms with Crippen LogP contribution >= 0.6 is 0 Å². The van der Waals surface area contributed by atoms with Gasteiger partial charge in [-0.3, -0.25) is 4.79 Å². The molecule has 1 N–H and O–H groups in total. The van der Waals surface area contributed by atoms with E-state index in [0.717, 1.165) is 18.2 Å². The molecule has 21 heavy (non-hydrogen) atoms. The first kappa shape index (κ1) is 14.6. The van der Waals surface area contributed by atoms with Gasteiger partial charge in [-0.1, -0.05) is 0 Å². The van der Waals surface area contributed by atoms with Crippen molar-refractivity contribution in [1.29, 1.82) is 0 Å². The maximum Gasteiger partial charge on any atom is 0.337 e. The number of esters is 1. The molecule has 0 spiro atoms. The lowest BCUT2D eigenvalue weighted by atomic mass is 10.1. The van der Waals surface area contributed by atoms with Gasteiger partial charge in [0, 0.05) is 5.69 Å². The van der Waals surface area contributed by atoms with Crippen molar-refractivity contribution in [2.45, 2.75) is 0 Å². The molecule has 2 rings (SSSR count). The molecule has 1 amide bonds. The molecule has 0 aliphatic rings. The van der Waals surface area contributed by atoms with Crippen LogP contribution in [0.25, 0.3) is 0 Å². The second kappa shape index (κ2) is 6.13. The molecule has 4 nitrogen and oxygen atoms in total. The first-order valence-electron chi connectivity index (χ1n) is 5.96. The van der Waals surface area contributed by atoms with Crippen molar-refractivity contribution in [1.82, 2.24) is 0 Å². The number of halogens is 2. The van der Waals surface area contributed by atoms with Crippen LogP contribution in [0.1, 0.15) is 20.7 Å². The van der Waals surface area contributed by atoms with E-state index in [1.54, 1.807) is 0 Å². The third kappa shape index (κ3) is 3.42. The van der Waals surface area contributed by atoms with Gasteiger partial charge in [-0.2, -0.15) is 0 Å². The lowest BCUT2D eigenvalue weighted by molar-refractivity contribution is 0.0600. The number of amides is 1. The Kier molecular flexibility index (Phi) is 4.27. The van der Waals surface area contributed by atoms with Crippen LogP contribution in [0.3, 0.4) is 0 Å². The van der Waals surface area contributed by atoms with Crippen molar-refractivity contribution in [3.8, 4) is 0 Å². The smallest absolute Gasteiger partial charge is 0.337 e. The molecule has 108 valence electrons. The van der Waals surface area contributed by atoms with Gasteiger partial charge in [0.05, 0.1) is 18.2 Å². The van der Waals surface area contributed by atoms with Crippen molar-refractivity contribution in [3.63, 3.8) is 0 Å². The quantitative estimate of drug-likeness (QED) is 0.884. The number of anilines is 1. The first-order valence-corrected chi connectivity index (χ1v) is 5.96. The Labute approximate surface area is 119 Å². The van der Waals surface area contributed by atoms with Gasteiger partial charge in [0.25, 0.3) is 5.91 Å². The van der Waals surface area contributed by atoms with Gasteiger partial charge in [-0.05, 0) is 42.5 Å². The highest BCUT2D eigenvalue weighted by Crippen LogP contribution is 2.14. The Bertz CT molecular complexity index is 684. The van der Waals surface area contributed by atoms with Gasteiger partial charge < -0.3 is 10.1 Å². The first-order chi connectivity index (χ1) is 10.0. The predicted octanol–water partition coefficient (Wildman–Crippen LogP) is 3.00. The van der Waals surface area contributed by atoms with Gasteiger partial charge >= 0.3 is 5.97 Å². The van der Waals surface area contributed by atoms with E-state index < -0.39 is 29.1 Å². The van der Waals surface area contributed by atoms with Crippen LogP contribution in [0, 0.1) is 11.6 Å². The number of carbonyl (C=O) groups is 2. The van der Waals surface area contributed by atoms with Gasteiger partial charge in [0.2, 0.25) is 0 Å². The minimum atomic E-state index is -0.819. The molecule has 2 aromatic rings. The van der Waals surface area contributed by atoms with Crippen LogP contribution in [0.15, 0.2) is 42.5 Å². The summed E-state index contributed by atoms with van der Waals surface area (Å²) >= 11 is 0. The molecule has 0 atom stereocenters. The molecule has 0 aliphatic carbocycles. The summed E-state index contributed by atoms with van der Waals surface area (Å²) in [6.07, 6.45) is 0. The molecule has 0 bridgehead atoms. The van der Waals surface area contributed by atoms with Gasteiger partial charge in [-0.25, -0.2) is 13.6 Å². The van der Waals surface area contributed by atoms with Crippen molar-refractivity contribution >= 4 is 17.6 Å². The summed E-state index contributed by atoms with van der Waals surface area (Å²) in [6, 6.07) is 8.44. The van der Waals surface area contributed by atoms with Crippen LogP contribution < -0.4 is 5.32 Å². The van der Waals surface area contributed by atoms with E-state index in [-0.39, 0.29) is 0 Å². The zero-order valence-corrected chi connectivity index (χ0v) is 11.0. The molecular formula is C15H11F2NO3. The van der Waals surface area contributed by atoms with Crippen molar-refractivity contribution in [3.05, 3.63) is 65.2 Å². The number of benzene rings is 2. The van der Waals surface area contributed by atoms with Crippen LogP contribution in [0.2, 0.25) is 0 Å². The fourth-order valence-corrected chi connectivity index (χ4v) is 1.68. The summed E-state index contributed by atoms with van der Waals surface area (Å²) in [5, 5.41) is 2.41. The summed E-state index contributed by atoms with van der Waals surface area (Å²) in [4.78, 5) is 23.1. The molecular weight excluding hydrogens is 280 g/mol. The maximum absolute atomic E-state index is 13.4. The van der Waals surface area contributed by atoms with Crippen LogP contribution in [0.4, 0.5) is 14.5 Å². The second-order valence-electron chi connectivity index (χ2n) is 4.15. The van der Waals surface area contributed by atoms with Crippen LogP contribution in [-0.2, 0) is 4.74 Å². The zero-order valence-electron chi connectivity index (χ0n) is 11.0. The summed E-state index contributed by atoms with van der Waals surface area (Å²) < 4.78 is 31.0. The van der Waals surface area contributed by atoms with Crippen molar-refractivity contribution in [2.75, 3.05) is 12.4 Å². The molecule has 0 aromatic heterocycles. The highest BCUT2D eigenvalue weighted by molar-refractivity contribution is 6.04. The Morgan fingerprint density at radius 2 is 1.71 bits per heavy atom. The number of hydrogen-bond acceptors (Lipinski definition) is 3. The third-order valence-corrected chi connectivity index (χ3v) is 2.74. The number of nitrogens with one attached hydrogen (secondary N) is 1. The molecule has 0 radical (unpaired) electrons. The summed E-state index contributed by atoms with van der Waals surface area (Å²) in [7, 11) is 1.25. The average molecular weight is 291 g/mol. The molecule has 2 aromatic carbocycles. The predicted molar refractivity (Wildman–Crippen MR) is 72.1 cm³/mol.